The molecule has 1 aromatic carbocycles. The van der Waals surface area contributed by atoms with Gasteiger partial charge in [0.25, 0.3) is 0 Å². The van der Waals surface area contributed by atoms with E-state index < -0.39 is 0 Å². The predicted octanol–water partition coefficient (Wildman–Crippen LogP) is 3.93. The lowest BCUT2D eigenvalue weighted by Gasteiger charge is -2.23. The standard InChI is InChI=1S/C16H21N3/c1-13-7-9-15(10-8-13)19-12-11-17-16(19)18-14-5-3-2-4-6-14/h7-12,14H,2-6H2,1H3,(H,17,18). The zero-order valence-electron chi connectivity index (χ0n) is 11.5. The number of imidazole rings is 1. The van der Waals surface area contributed by atoms with Crippen molar-refractivity contribution in [1.82, 2.24) is 9.55 Å². The van der Waals surface area contributed by atoms with Gasteiger partial charge in [0.15, 0.2) is 0 Å². The number of rotatable bonds is 3. The number of benzene rings is 1. The largest absolute Gasteiger partial charge is 0.353 e. The van der Waals surface area contributed by atoms with Crippen molar-refractivity contribution in [2.24, 2.45) is 0 Å². The van der Waals surface area contributed by atoms with Gasteiger partial charge in [0, 0.05) is 24.1 Å². The molecule has 1 aromatic heterocycles. The van der Waals surface area contributed by atoms with E-state index in [1.54, 1.807) is 0 Å². The van der Waals surface area contributed by atoms with Gasteiger partial charge < -0.3 is 5.32 Å². The van der Waals surface area contributed by atoms with Crippen LogP contribution >= 0.6 is 0 Å². The monoisotopic (exact) mass is 255 g/mol. The molecule has 0 amide bonds. The Balaban J connectivity index is 1.79. The van der Waals surface area contributed by atoms with Crippen molar-refractivity contribution >= 4 is 5.95 Å². The number of hydrogen-bond acceptors (Lipinski definition) is 2. The van der Waals surface area contributed by atoms with Gasteiger partial charge in [-0.3, -0.25) is 4.57 Å². The topological polar surface area (TPSA) is 29.9 Å². The molecule has 19 heavy (non-hydrogen) atoms. The van der Waals surface area contributed by atoms with E-state index in [0.29, 0.717) is 6.04 Å². The van der Waals surface area contributed by atoms with Crippen molar-refractivity contribution < 1.29 is 0 Å². The number of aryl methyl sites for hydroxylation is 1. The highest BCUT2D eigenvalue weighted by molar-refractivity contribution is 5.43. The molecule has 0 atom stereocenters. The molecule has 0 saturated heterocycles. The highest BCUT2D eigenvalue weighted by Crippen LogP contribution is 2.22. The lowest BCUT2D eigenvalue weighted by molar-refractivity contribution is 0.460. The highest BCUT2D eigenvalue weighted by atomic mass is 15.2. The summed E-state index contributed by atoms with van der Waals surface area (Å²) in [6, 6.07) is 9.14. The SMILES string of the molecule is Cc1ccc(-n2ccnc2NC2CCCCC2)cc1. The van der Waals surface area contributed by atoms with Gasteiger partial charge in [0.2, 0.25) is 5.95 Å². The van der Waals surface area contributed by atoms with E-state index in [1.165, 1.54) is 43.4 Å². The molecular formula is C16H21N3. The van der Waals surface area contributed by atoms with Crippen LogP contribution in [0.15, 0.2) is 36.7 Å². The fraction of sp³-hybridized carbons (Fsp3) is 0.438. The van der Waals surface area contributed by atoms with Gasteiger partial charge in [0.05, 0.1) is 0 Å². The third-order valence-electron chi connectivity index (χ3n) is 3.89. The van der Waals surface area contributed by atoms with E-state index >= 15 is 0 Å². The molecule has 1 heterocycles. The van der Waals surface area contributed by atoms with Crippen molar-refractivity contribution in [3.8, 4) is 5.69 Å². The molecule has 1 aliphatic rings. The fourth-order valence-electron chi connectivity index (χ4n) is 2.75. The highest BCUT2D eigenvalue weighted by Gasteiger charge is 2.15. The van der Waals surface area contributed by atoms with Crippen LogP contribution in [0.5, 0.6) is 0 Å². The first-order valence-corrected chi connectivity index (χ1v) is 7.20. The van der Waals surface area contributed by atoms with E-state index in [1.807, 2.05) is 12.4 Å². The summed E-state index contributed by atoms with van der Waals surface area (Å²) in [5.41, 5.74) is 2.45. The number of anilines is 1. The molecule has 0 bridgehead atoms. The lowest BCUT2D eigenvalue weighted by atomic mass is 9.96. The van der Waals surface area contributed by atoms with Crippen molar-refractivity contribution in [2.45, 2.75) is 45.1 Å². The Hall–Kier alpha value is -1.77. The minimum absolute atomic E-state index is 0.584. The number of hydrogen-bond donors (Lipinski definition) is 1. The van der Waals surface area contributed by atoms with Gasteiger partial charge in [-0.15, -0.1) is 0 Å². The Morgan fingerprint density at radius 3 is 2.58 bits per heavy atom. The summed E-state index contributed by atoms with van der Waals surface area (Å²) in [5.74, 6) is 0.968. The number of nitrogens with one attached hydrogen (secondary N) is 1. The minimum atomic E-state index is 0.584. The molecule has 0 aliphatic heterocycles. The van der Waals surface area contributed by atoms with Gasteiger partial charge in [-0.2, -0.15) is 0 Å². The van der Waals surface area contributed by atoms with E-state index in [0.717, 1.165) is 5.95 Å². The first-order valence-electron chi connectivity index (χ1n) is 7.20. The maximum absolute atomic E-state index is 4.46. The van der Waals surface area contributed by atoms with E-state index in [2.05, 4.69) is 46.1 Å². The van der Waals surface area contributed by atoms with Crippen LogP contribution < -0.4 is 5.32 Å². The normalized spacial score (nSPS) is 16.5. The molecule has 2 aromatic rings. The molecule has 0 unspecified atom stereocenters. The smallest absolute Gasteiger partial charge is 0.207 e. The molecule has 1 fully saturated rings. The predicted molar refractivity (Wildman–Crippen MR) is 78.8 cm³/mol. The van der Waals surface area contributed by atoms with Gasteiger partial charge in [-0.25, -0.2) is 4.98 Å². The first kappa shape index (κ1) is 12.3. The lowest BCUT2D eigenvalue weighted by Crippen LogP contribution is -2.24. The van der Waals surface area contributed by atoms with Crippen LogP contribution in [0, 0.1) is 6.92 Å². The molecule has 1 saturated carbocycles. The van der Waals surface area contributed by atoms with Crippen LogP contribution in [-0.2, 0) is 0 Å². The molecule has 1 N–H and O–H groups in total. The average molecular weight is 255 g/mol. The van der Waals surface area contributed by atoms with E-state index in [4.69, 9.17) is 0 Å². The summed E-state index contributed by atoms with van der Waals surface area (Å²) in [7, 11) is 0. The van der Waals surface area contributed by atoms with E-state index in [-0.39, 0.29) is 0 Å². The van der Waals surface area contributed by atoms with Gasteiger partial charge in [-0.1, -0.05) is 37.0 Å². The molecular weight excluding hydrogens is 234 g/mol. The van der Waals surface area contributed by atoms with Crippen molar-refractivity contribution in [3.05, 3.63) is 42.2 Å². The van der Waals surface area contributed by atoms with Gasteiger partial charge >= 0.3 is 0 Å². The Kier molecular flexibility index (Phi) is 3.53. The van der Waals surface area contributed by atoms with Crippen LogP contribution in [0.1, 0.15) is 37.7 Å². The summed E-state index contributed by atoms with van der Waals surface area (Å²) in [5, 5.41) is 3.59. The first-order chi connectivity index (χ1) is 9.33. The van der Waals surface area contributed by atoms with Crippen LogP contribution in [-0.4, -0.2) is 15.6 Å². The summed E-state index contributed by atoms with van der Waals surface area (Å²) < 4.78 is 2.13. The molecule has 0 spiro atoms. The zero-order valence-corrected chi connectivity index (χ0v) is 11.5. The number of nitrogens with zero attached hydrogens (tertiary/aromatic N) is 2. The van der Waals surface area contributed by atoms with E-state index in [9.17, 15) is 0 Å². The summed E-state index contributed by atoms with van der Waals surface area (Å²) in [6.45, 7) is 2.11. The number of aromatic nitrogens is 2. The molecule has 0 radical (unpaired) electrons. The second-order valence-corrected chi connectivity index (χ2v) is 5.44. The minimum Gasteiger partial charge on any atom is -0.353 e. The Morgan fingerprint density at radius 1 is 1.11 bits per heavy atom. The van der Waals surface area contributed by atoms with Crippen molar-refractivity contribution in [1.29, 1.82) is 0 Å². The quantitative estimate of drug-likeness (QED) is 0.900. The summed E-state index contributed by atoms with van der Waals surface area (Å²) in [6.07, 6.45) is 10.5. The molecule has 3 rings (SSSR count). The van der Waals surface area contributed by atoms with Gasteiger partial charge in [0.1, 0.15) is 0 Å². The molecule has 3 heteroatoms. The van der Waals surface area contributed by atoms with Crippen molar-refractivity contribution in [2.75, 3.05) is 5.32 Å². The summed E-state index contributed by atoms with van der Waals surface area (Å²) in [4.78, 5) is 4.46. The van der Waals surface area contributed by atoms with Crippen LogP contribution in [0.3, 0.4) is 0 Å². The third-order valence-corrected chi connectivity index (χ3v) is 3.89. The van der Waals surface area contributed by atoms with Crippen LogP contribution in [0.4, 0.5) is 5.95 Å². The second-order valence-electron chi connectivity index (χ2n) is 5.44. The van der Waals surface area contributed by atoms with Crippen LogP contribution in [0.25, 0.3) is 5.69 Å². The zero-order chi connectivity index (χ0) is 13.1. The Labute approximate surface area is 114 Å². The van der Waals surface area contributed by atoms with Gasteiger partial charge in [-0.05, 0) is 31.9 Å². The fourth-order valence-corrected chi connectivity index (χ4v) is 2.75. The molecule has 100 valence electrons. The Bertz CT molecular complexity index is 521. The summed E-state index contributed by atoms with van der Waals surface area (Å²) >= 11 is 0. The van der Waals surface area contributed by atoms with Crippen LogP contribution in [0.2, 0.25) is 0 Å². The maximum atomic E-state index is 4.46. The Morgan fingerprint density at radius 2 is 1.84 bits per heavy atom. The molecule has 3 nitrogen and oxygen atoms in total. The van der Waals surface area contributed by atoms with Crippen molar-refractivity contribution in [3.63, 3.8) is 0 Å². The maximum Gasteiger partial charge on any atom is 0.207 e. The average Bonchev–Trinajstić information content (AvgIpc) is 2.89. The second kappa shape index (κ2) is 5.47. The third kappa shape index (κ3) is 2.80. The molecule has 1 aliphatic carbocycles.